The Kier molecular flexibility index (Phi) is 4.63. The molecule has 0 spiro atoms. The molecule has 2 aromatic rings. The first-order valence-corrected chi connectivity index (χ1v) is 9.23. The Balaban J connectivity index is 1.67. The van der Waals surface area contributed by atoms with E-state index in [0.717, 1.165) is 5.56 Å². The average Bonchev–Trinajstić information content (AvgIpc) is 3.39. The molecule has 0 unspecified atom stereocenters. The van der Waals surface area contributed by atoms with E-state index in [0.29, 0.717) is 18.3 Å². The fourth-order valence-electron chi connectivity index (χ4n) is 2.39. The molecule has 1 heterocycles. The minimum absolute atomic E-state index is 0.229. The number of benzene rings is 1. The quantitative estimate of drug-likeness (QED) is 0.846. The molecule has 1 aromatic heterocycles. The number of hydrogen-bond donors (Lipinski definition) is 1. The molecule has 1 aliphatic rings. The molecule has 0 aliphatic heterocycles. The molecule has 23 heavy (non-hydrogen) atoms. The molecule has 1 saturated carbocycles. The highest BCUT2D eigenvalue weighted by molar-refractivity contribution is 7.89. The van der Waals surface area contributed by atoms with Crippen LogP contribution in [-0.2, 0) is 16.6 Å². The first-order valence-electron chi connectivity index (χ1n) is 7.75. The summed E-state index contributed by atoms with van der Waals surface area (Å²) < 4.78 is 32.6. The van der Waals surface area contributed by atoms with Crippen LogP contribution in [0.25, 0.3) is 0 Å². The second kappa shape index (κ2) is 6.68. The fourth-order valence-corrected chi connectivity index (χ4v) is 3.41. The summed E-state index contributed by atoms with van der Waals surface area (Å²) >= 11 is 0. The summed E-state index contributed by atoms with van der Waals surface area (Å²) in [4.78, 5) is 4.43. The highest BCUT2D eigenvalue weighted by Gasteiger charge is 2.24. The Bertz CT molecular complexity index is 769. The van der Waals surface area contributed by atoms with Gasteiger partial charge in [0.2, 0.25) is 10.0 Å². The lowest BCUT2D eigenvalue weighted by atomic mass is 10.1. The zero-order valence-corrected chi connectivity index (χ0v) is 13.8. The molecule has 0 atom stereocenters. The summed E-state index contributed by atoms with van der Waals surface area (Å²) in [7, 11) is -3.54. The maximum absolute atomic E-state index is 12.3. The number of rotatable bonds is 7. The molecule has 122 valence electrons. The third-order valence-corrected chi connectivity index (χ3v) is 5.19. The average molecular weight is 332 g/mol. The van der Waals surface area contributed by atoms with Gasteiger partial charge in [0, 0.05) is 18.9 Å². The van der Waals surface area contributed by atoms with Crippen molar-refractivity contribution in [2.75, 3.05) is 6.61 Å². The van der Waals surface area contributed by atoms with Gasteiger partial charge >= 0.3 is 0 Å². The van der Waals surface area contributed by atoms with E-state index in [1.807, 2.05) is 19.2 Å². The maximum atomic E-state index is 12.3. The molecule has 0 amide bonds. The monoisotopic (exact) mass is 332 g/mol. The van der Waals surface area contributed by atoms with Crippen LogP contribution in [0.2, 0.25) is 0 Å². The van der Waals surface area contributed by atoms with Crippen molar-refractivity contribution < 1.29 is 13.2 Å². The van der Waals surface area contributed by atoms with Gasteiger partial charge in [-0.25, -0.2) is 13.1 Å². The van der Waals surface area contributed by atoms with Crippen molar-refractivity contribution >= 4 is 10.0 Å². The predicted molar refractivity (Wildman–Crippen MR) is 87.8 cm³/mol. The minimum Gasteiger partial charge on any atom is -0.494 e. The van der Waals surface area contributed by atoms with Crippen LogP contribution >= 0.6 is 0 Å². The van der Waals surface area contributed by atoms with Crippen LogP contribution in [0, 0.1) is 0 Å². The molecular formula is C17H20N2O3S. The highest BCUT2D eigenvalue weighted by Crippen LogP contribution is 2.39. The number of nitrogens with one attached hydrogen (secondary N) is 1. The molecular weight excluding hydrogens is 312 g/mol. The van der Waals surface area contributed by atoms with E-state index >= 15 is 0 Å². The standard InChI is InChI=1S/C17H20N2O3S/c1-2-22-16-5-7-17(8-6-16)23(20,21)19-11-13-9-15(12-18-10-13)14-3-4-14/h5-10,12,14,19H,2-4,11H2,1H3. The highest BCUT2D eigenvalue weighted by atomic mass is 32.2. The lowest BCUT2D eigenvalue weighted by molar-refractivity contribution is 0.340. The van der Waals surface area contributed by atoms with E-state index in [9.17, 15) is 8.42 Å². The summed E-state index contributed by atoms with van der Waals surface area (Å²) in [6, 6.07) is 8.45. The van der Waals surface area contributed by atoms with Crippen LogP contribution in [-0.4, -0.2) is 20.0 Å². The van der Waals surface area contributed by atoms with Crippen LogP contribution < -0.4 is 9.46 Å². The van der Waals surface area contributed by atoms with Gasteiger partial charge in [-0.15, -0.1) is 0 Å². The molecule has 1 fully saturated rings. The normalized spacial score (nSPS) is 14.7. The molecule has 1 aromatic carbocycles. The van der Waals surface area contributed by atoms with Crippen molar-refractivity contribution in [3.8, 4) is 5.75 Å². The number of hydrogen-bond acceptors (Lipinski definition) is 4. The van der Waals surface area contributed by atoms with Crippen LogP contribution in [0.3, 0.4) is 0 Å². The van der Waals surface area contributed by atoms with Crippen molar-refractivity contribution in [3.63, 3.8) is 0 Å². The van der Waals surface area contributed by atoms with Crippen molar-refractivity contribution in [1.82, 2.24) is 9.71 Å². The van der Waals surface area contributed by atoms with Gasteiger partial charge in [0.15, 0.2) is 0 Å². The van der Waals surface area contributed by atoms with Crippen LogP contribution in [0.1, 0.15) is 36.8 Å². The lowest BCUT2D eigenvalue weighted by Crippen LogP contribution is -2.23. The van der Waals surface area contributed by atoms with E-state index < -0.39 is 10.0 Å². The zero-order chi connectivity index (χ0) is 16.3. The summed E-state index contributed by atoms with van der Waals surface area (Å²) in [5.41, 5.74) is 2.08. The molecule has 6 heteroatoms. The van der Waals surface area contributed by atoms with Crippen molar-refractivity contribution in [2.45, 2.75) is 37.1 Å². The first kappa shape index (κ1) is 16.0. The molecule has 0 saturated heterocycles. The summed E-state index contributed by atoms with van der Waals surface area (Å²) in [5.74, 6) is 1.26. The minimum atomic E-state index is -3.54. The van der Waals surface area contributed by atoms with Crippen LogP contribution in [0.5, 0.6) is 5.75 Å². The molecule has 0 radical (unpaired) electrons. The SMILES string of the molecule is CCOc1ccc(S(=O)(=O)NCc2cncc(C3CC3)c2)cc1. The molecule has 1 aliphatic carbocycles. The number of sulfonamides is 1. The van der Waals surface area contributed by atoms with E-state index in [-0.39, 0.29) is 11.4 Å². The van der Waals surface area contributed by atoms with Crippen molar-refractivity contribution in [1.29, 1.82) is 0 Å². The molecule has 3 rings (SSSR count). The largest absolute Gasteiger partial charge is 0.494 e. The van der Waals surface area contributed by atoms with E-state index in [2.05, 4.69) is 9.71 Å². The Morgan fingerprint density at radius 1 is 1.22 bits per heavy atom. The molecule has 0 bridgehead atoms. The number of aromatic nitrogens is 1. The second-order valence-corrected chi connectivity index (χ2v) is 7.40. The number of ether oxygens (including phenoxy) is 1. The lowest BCUT2D eigenvalue weighted by Gasteiger charge is -2.09. The van der Waals surface area contributed by atoms with E-state index in [1.165, 1.54) is 18.4 Å². The summed E-state index contributed by atoms with van der Waals surface area (Å²) in [6.07, 6.45) is 5.96. The van der Waals surface area contributed by atoms with E-state index in [1.54, 1.807) is 30.5 Å². The zero-order valence-electron chi connectivity index (χ0n) is 13.0. The summed E-state index contributed by atoms with van der Waals surface area (Å²) in [5, 5.41) is 0. The van der Waals surface area contributed by atoms with E-state index in [4.69, 9.17) is 4.74 Å². The Labute approximate surface area is 136 Å². The van der Waals surface area contributed by atoms with Crippen molar-refractivity contribution in [3.05, 3.63) is 53.9 Å². The van der Waals surface area contributed by atoms with Gasteiger partial charge in [-0.2, -0.15) is 0 Å². The van der Waals surface area contributed by atoms with Gasteiger partial charge in [0.1, 0.15) is 5.75 Å². The predicted octanol–water partition coefficient (Wildman–Crippen LogP) is 2.84. The van der Waals surface area contributed by atoms with Gasteiger partial charge in [-0.1, -0.05) is 6.07 Å². The number of nitrogens with zero attached hydrogens (tertiary/aromatic N) is 1. The van der Waals surface area contributed by atoms with Crippen LogP contribution in [0.4, 0.5) is 0 Å². The van der Waals surface area contributed by atoms with Gasteiger partial charge in [0.05, 0.1) is 11.5 Å². The maximum Gasteiger partial charge on any atom is 0.240 e. The van der Waals surface area contributed by atoms with Gasteiger partial charge in [0.25, 0.3) is 0 Å². The summed E-state index contributed by atoms with van der Waals surface area (Å²) in [6.45, 7) is 2.67. The van der Waals surface area contributed by atoms with Crippen LogP contribution in [0.15, 0.2) is 47.6 Å². The first-order chi connectivity index (χ1) is 11.1. The molecule has 5 nitrogen and oxygen atoms in total. The fraction of sp³-hybridized carbons (Fsp3) is 0.353. The Morgan fingerprint density at radius 3 is 2.61 bits per heavy atom. The smallest absolute Gasteiger partial charge is 0.240 e. The topological polar surface area (TPSA) is 68.3 Å². The van der Waals surface area contributed by atoms with Gasteiger partial charge in [-0.05, 0) is 61.1 Å². The Hall–Kier alpha value is -1.92. The van der Waals surface area contributed by atoms with Gasteiger partial charge in [-0.3, -0.25) is 4.98 Å². The Morgan fingerprint density at radius 2 is 1.96 bits per heavy atom. The molecule has 1 N–H and O–H groups in total. The van der Waals surface area contributed by atoms with Gasteiger partial charge < -0.3 is 4.74 Å². The van der Waals surface area contributed by atoms with Crippen molar-refractivity contribution in [2.24, 2.45) is 0 Å². The third kappa shape index (κ3) is 4.09. The second-order valence-electron chi connectivity index (χ2n) is 5.63. The number of pyridine rings is 1. The third-order valence-electron chi connectivity index (χ3n) is 3.78.